The molecule has 4 nitrogen and oxygen atoms in total. The Morgan fingerprint density at radius 2 is 2.00 bits per heavy atom. The molecule has 1 N–H and O–H groups in total. The maximum absolute atomic E-state index is 12.4. The number of carbonyl (C=O) groups is 1. The van der Waals surface area contributed by atoms with Gasteiger partial charge in [-0.05, 0) is 78.7 Å². The van der Waals surface area contributed by atoms with Gasteiger partial charge in [-0.25, -0.2) is 4.79 Å². The number of hydrogen-bond donors (Lipinski definition) is 1. The van der Waals surface area contributed by atoms with Crippen molar-refractivity contribution in [2.45, 2.75) is 83.9 Å². The number of likely N-dealkylation sites (tertiary alicyclic amines) is 1. The SMILES string of the molecule is CC(CC1CCCCN1C(=O)OC(C)(C)C)NCC1CC1. The van der Waals surface area contributed by atoms with Gasteiger partial charge in [0, 0.05) is 18.6 Å². The highest BCUT2D eigenvalue weighted by Crippen LogP contribution is 2.28. The van der Waals surface area contributed by atoms with Gasteiger partial charge in [-0.1, -0.05) is 0 Å². The lowest BCUT2D eigenvalue weighted by atomic mass is 9.96. The predicted molar refractivity (Wildman–Crippen MR) is 85.4 cm³/mol. The maximum atomic E-state index is 12.4. The molecule has 0 aromatic carbocycles. The van der Waals surface area contributed by atoms with Crippen molar-refractivity contribution < 1.29 is 9.53 Å². The lowest BCUT2D eigenvalue weighted by Gasteiger charge is -2.38. The molecule has 0 aromatic heterocycles. The van der Waals surface area contributed by atoms with E-state index >= 15 is 0 Å². The number of piperidine rings is 1. The van der Waals surface area contributed by atoms with E-state index in [0.29, 0.717) is 12.1 Å². The average molecular weight is 296 g/mol. The third kappa shape index (κ3) is 5.85. The second-order valence-electron chi connectivity index (χ2n) is 7.81. The van der Waals surface area contributed by atoms with Gasteiger partial charge in [0.1, 0.15) is 5.60 Å². The maximum Gasteiger partial charge on any atom is 0.410 e. The van der Waals surface area contributed by atoms with E-state index in [2.05, 4.69) is 12.2 Å². The van der Waals surface area contributed by atoms with Crippen LogP contribution in [-0.4, -0.2) is 41.8 Å². The van der Waals surface area contributed by atoms with E-state index in [-0.39, 0.29) is 6.09 Å². The zero-order chi connectivity index (χ0) is 15.5. The number of nitrogens with zero attached hydrogens (tertiary/aromatic N) is 1. The average Bonchev–Trinajstić information content (AvgIpc) is 3.19. The zero-order valence-corrected chi connectivity index (χ0v) is 14.2. The third-order valence-electron chi connectivity index (χ3n) is 4.33. The molecule has 4 heteroatoms. The van der Waals surface area contributed by atoms with Gasteiger partial charge in [-0.15, -0.1) is 0 Å². The second-order valence-corrected chi connectivity index (χ2v) is 7.81. The smallest absolute Gasteiger partial charge is 0.410 e. The van der Waals surface area contributed by atoms with Gasteiger partial charge in [-0.2, -0.15) is 0 Å². The topological polar surface area (TPSA) is 41.6 Å². The molecule has 2 rings (SSSR count). The van der Waals surface area contributed by atoms with Crippen molar-refractivity contribution in [2.75, 3.05) is 13.1 Å². The van der Waals surface area contributed by atoms with Crippen molar-refractivity contribution >= 4 is 6.09 Å². The van der Waals surface area contributed by atoms with Crippen LogP contribution in [0.5, 0.6) is 0 Å². The summed E-state index contributed by atoms with van der Waals surface area (Å²) in [4.78, 5) is 14.3. The van der Waals surface area contributed by atoms with E-state index in [1.165, 1.54) is 19.3 Å². The molecule has 2 atom stereocenters. The Kier molecular flexibility index (Phi) is 5.53. The summed E-state index contributed by atoms with van der Waals surface area (Å²) < 4.78 is 5.56. The van der Waals surface area contributed by atoms with Gasteiger partial charge in [0.25, 0.3) is 0 Å². The van der Waals surface area contributed by atoms with Crippen LogP contribution in [0.3, 0.4) is 0 Å². The molecule has 21 heavy (non-hydrogen) atoms. The molecular formula is C17H32N2O2. The minimum Gasteiger partial charge on any atom is -0.444 e. The Labute approximate surface area is 129 Å². The summed E-state index contributed by atoms with van der Waals surface area (Å²) in [6.07, 6.45) is 7.08. The van der Waals surface area contributed by atoms with Crippen LogP contribution in [0.25, 0.3) is 0 Å². The molecule has 2 fully saturated rings. The first kappa shape index (κ1) is 16.6. The minimum atomic E-state index is -0.408. The Morgan fingerprint density at radius 1 is 1.29 bits per heavy atom. The summed E-state index contributed by atoms with van der Waals surface area (Å²) in [6, 6.07) is 0.800. The number of ether oxygens (including phenoxy) is 1. The van der Waals surface area contributed by atoms with Crippen LogP contribution < -0.4 is 5.32 Å². The van der Waals surface area contributed by atoms with Crippen LogP contribution >= 0.6 is 0 Å². The van der Waals surface area contributed by atoms with Gasteiger partial charge in [-0.3, -0.25) is 0 Å². The molecule has 0 aromatic rings. The van der Waals surface area contributed by atoms with Crippen molar-refractivity contribution in [3.8, 4) is 0 Å². The molecule has 1 amide bonds. The summed E-state index contributed by atoms with van der Waals surface area (Å²) in [6.45, 7) is 10.0. The lowest BCUT2D eigenvalue weighted by Crippen LogP contribution is -2.48. The van der Waals surface area contributed by atoms with Gasteiger partial charge < -0.3 is 15.0 Å². The number of rotatable bonds is 5. The number of nitrogens with one attached hydrogen (secondary N) is 1. The Hall–Kier alpha value is -0.770. The molecule has 1 saturated heterocycles. The zero-order valence-electron chi connectivity index (χ0n) is 14.2. The molecule has 1 aliphatic carbocycles. The monoisotopic (exact) mass is 296 g/mol. The van der Waals surface area contributed by atoms with Crippen molar-refractivity contribution in [1.29, 1.82) is 0 Å². The van der Waals surface area contributed by atoms with E-state index in [1.54, 1.807) is 0 Å². The molecule has 2 unspecified atom stereocenters. The van der Waals surface area contributed by atoms with Gasteiger partial charge in [0.2, 0.25) is 0 Å². The molecule has 122 valence electrons. The number of hydrogen-bond acceptors (Lipinski definition) is 3. The first-order valence-electron chi connectivity index (χ1n) is 8.58. The minimum absolute atomic E-state index is 0.137. The Bertz CT molecular complexity index is 347. The van der Waals surface area contributed by atoms with E-state index in [0.717, 1.165) is 38.3 Å². The molecule has 0 radical (unpaired) electrons. The van der Waals surface area contributed by atoms with Crippen LogP contribution in [0, 0.1) is 5.92 Å². The number of carbonyl (C=O) groups excluding carboxylic acids is 1. The van der Waals surface area contributed by atoms with Crippen LogP contribution in [0.2, 0.25) is 0 Å². The summed E-state index contributed by atoms with van der Waals surface area (Å²) in [7, 11) is 0. The highest BCUT2D eigenvalue weighted by atomic mass is 16.6. The Balaban J connectivity index is 1.83. The van der Waals surface area contributed by atoms with Crippen LogP contribution in [0.1, 0.15) is 66.2 Å². The standard InChI is InChI=1S/C17H32N2O2/c1-13(18-12-14-8-9-14)11-15-7-5-6-10-19(15)16(20)21-17(2,3)4/h13-15,18H,5-12H2,1-4H3. The fraction of sp³-hybridized carbons (Fsp3) is 0.941. The normalized spacial score (nSPS) is 24.8. The summed E-state index contributed by atoms with van der Waals surface area (Å²) in [5.41, 5.74) is -0.408. The largest absolute Gasteiger partial charge is 0.444 e. The molecule has 0 spiro atoms. The first-order chi connectivity index (χ1) is 9.85. The van der Waals surface area contributed by atoms with Crippen LogP contribution in [-0.2, 0) is 4.74 Å². The second kappa shape index (κ2) is 6.99. The predicted octanol–water partition coefficient (Wildman–Crippen LogP) is 3.55. The van der Waals surface area contributed by atoms with Crippen LogP contribution in [0.15, 0.2) is 0 Å². The summed E-state index contributed by atoms with van der Waals surface area (Å²) >= 11 is 0. The highest BCUT2D eigenvalue weighted by Gasteiger charge is 2.31. The quantitative estimate of drug-likeness (QED) is 0.843. The van der Waals surface area contributed by atoms with Gasteiger partial charge >= 0.3 is 6.09 Å². The molecular weight excluding hydrogens is 264 g/mol. The van der Waals surface area contributed by atoms with Gasteiger partial charge in [0.05, 0.1) is 0 Å². The van der Waals surface area contributed by atoms with Crippen molar-refractivity contribution in [2.24, 2.45) is 5.92 Å². The fourth-order valence-corrected chi connectivity index (χ4v) is 2.99. The summed E-state index contributed by atoms with van der Waals surface area (Å²) in [5, 5.41) is 3.62. The lowest BCUT2D eigenvalue weighted by molar-refractivity contribution is 0.00790. The molecule has 2 aliphatic rings. The van der Waals surface area contributed by atoms with Gasteiger partial charge in [0.15, 0.2) is 0 Å². The Morgan fingerprint density at radius 3 is 2.62 bits per heavy atom. The van der Waals surface area contributed by atoms with Crippen molar-refractivity contribution in [1.82, 2.24) is 10.2 Å². The third-order valence-corrected chi connectivity index (χ3v) is 4.33. The molecule has 1 saturated carbocycles. The molecule has 0 bridgehead atoms. The van der Waals surface area contributed by atoms with Crippen LogP contribution in [0.4, 0.5) is 4.79 Å². The molecule has 1 aliphatic heterocycles. The van der Waals surface area contributed by atoms with Crippen molar-refractivity contribution in [3.05, 3.63) is 0 Å². The number of amides is 1. The van der Waals surface area contributed by atoms with E-state index in [4.69, 9.17) is 4.74 Å². The van der Waals surface area contributed by atoms with Crippen molar-refractivity contribution in [3.63, 3.8) is 0 Å². The van der Waals surface area contributed by atoms with E-state index in [9.17, 15) is 4.79 Å². The summed E-state index contributed by atoms with van der Waals surface area (Å²) in [5.74, 6) is 0.903. The fourth-order valence-electron chi connectivity index (χ4n) is 2.99. The van der Waals surface area contributed by atoms with E-state index in [1.807, 2.05) is 25.7 Å². The first-order valence-corrected chi connectivity index (χ1v) is 8.58. The highest BCUT2D eigenvalue weighted by molar-refractivity contribution is 5.68. The van der Waals surface area contributed by atoms with E-state index < -0.39 is 5.60 Å². The molecule has 1 heterocycles.